The molecule has 1 unspecified atom stereocenters. The molecule has 0 aliphatic rings. The van der Waals surface area contributed by atoms with Gasteiger partial charge in [0, 0.05) is 26.1 Å². The molecule has 0 saturated carbocycles. The second-order valence-corrected chi connectivity index (χ2v) is 3.12. The van der Waals surface area contributed by atoms with Gasteiger partial charge in [0.15, 0.2) is 0 Å². The van der Waals surface area contributed by atoms with Crippen LogP contribution in [0.3, 0.4) is 0 Å². The standard InChI is InChI=1S/C8H19N3O2/c1-7(6-8(9)10-12)11(2)4-5-13-3/h7,12H,4-6H2,1-3H3,(H2,9,10). The summed E-state index contributed by atoms with van der Waals surface area (Å²) < 4.78 is 4.94. The van der Waals surface area contributed by atoms with Gasteiger partial charge >= 0.3 is 0 Å². The summed E-state index contributed by atoms with van der Waals surface area (Å²) in [6.45, 7) is 3.56. The molecule has 0 bridgehead atoms. The third-order valence-electron chi connectivity index (χ3n) is 2.03. The molecule has 78 valence electrons. The average molecular weight is 189 g/mol. The predicted octanol–water partition coefficient (Wildman–Crippen LogP) is 0.0896. The summed E-state index contributed by atoms with van der Waals surface area (Å²) in [6, 6.07) is 0.256. The molecule has 0 aromatic rings. The monoisotopic (exact) mass is 189 g/mol. The molecule has 0 radical (unpaired) electrons. The molecule has 1 atom stereocenters. The maximum absolute atomic E-state index is 8.36. The number of hydrogen-bond acceptors (Lipinski definition) is 4. The van der Waals surface area contributed by atoms with Gasteiger partial charge in [-0.1, -0.05) is 5.16 Å². The Kier molecular flexibility index (Phi) is 6.26. The highest BCUT2D eigenvalue weighted by molar-refractivity contribution is 5.80. The molecule has 0 amide bonds. The van der Waals surface area contributed by atoms with Crippen LogP contribution in [0.4, 0.5) is 0 Å². The molecule has 0 saturated heterocycles. The molecule has 0 rings (SSSR count). The second kappa shape index (κ2) is 6.68. The maximum atomic E-state index is 8.36. The van der Waals surface area contributed by atoms with Gasteiger partial charge in [0.05, 0.1) is 6.61 Å². The first-order chi connectivity index (χ1) is 6.11. The van der Waals surface area contributed by atoms with Gasteiger partial charge in [-0.25, -0.2) is 0 Å². The minimum atomic E-state index is 0.256. The molecule has 0 aromatic carbocycles. The molecule has 3 N–H and O–H groups in total. The summed E-state index contributed by atoms with van der Waals surface area (Å²) in [5, 5.41) is 11.3. The van der Waals surface area contributed by atoms with Crippen LogP contribution in [0.15, 0.2) is 5.16 Å². The fourth-order valence-corrected chi connectivity index (χ4v) is 0.955. The number of nitrogens with two attached hydrogens (primary N) is 1. The lowest BCUT2D eigenvalue weighted by atomic mass is 10.2. The minimum Gasteiger partial charge on any atom is -0.409 e. The van der Waals surface area contributed by atoms with Gasteiger partial charge in [-0.05, 0) is 14.0 Å². The molecule has 0 aliphatic heterocycles. The quantitative estimate of drug-likeness (QED) is 0.269. The molecule has 5 nitrogen and oxygen atoms in total. The summed E-state index contributed by atoms with van der Waals surface area (Å²) in [7, 11) is 3.65. The van der Waals surface area contributed by atoms with Crippen LogP contribution >= 0.6 is 0 Å². The van der Waals surface area contributed by atoms with E-state index in [1.165, 1.54) is 0 Å². The normalized spacial score (nSPS) is 14.9. The molecule has 0 heterocycles. The van der Waals surface area contributed by atoms with Gasteiger partial charge in [-0.2, -0.15) is 0 Å². The Hall–Kier alpha value is -0.810. The first-order valence-electron chi connectivity index (χ1n) is 4.27. The number of nitrogens with zero attached hydrogens (tertiary/aromatic N) is 2. The number of oxime groups is 1. The first-order valence-corrected chi connectivity index (χ1v) is 4.27. The van der Waals surface area contributed by atoms with E-state index in [0.717, 1.165) is 6.54 Å². The maximum Gasteiger partial charge on any atom is 0.140 e. The number of ether oxygens (including phenoxy) is 1. The zero-order valence-electron chi connectivity index (χ0n) is 8.53. The van der Waals surface area contributed by atoms with Crippen molar-refractivity contribution in [2.24, 2.45) is 10.9 Å². The predicted molar refractivity (Wildman–Crippen MR) is 52.0 cm³/mol. The van der Waals surface area contributed by atoms with E-state index in [-0.39, 0.29) is 11.9 Å². The van der Waals surface area contributed by atoms with Crippen LogP contribution in [0.1, 0.15) is 13.3 Å². The van der Waals surface area contributed by atoms with Gasteiger partial charge in [0.25, 0.3) is 0 Å². The second-order valence-electron chi connectivity index (χ2n) is 3.12. The highest BCUT2D eigenvalue weighted by Crippen LogP contribution is 2.00. The molecule has 0 spiro atoms. The summed E-state index contributed by atoms with van der Waals surface area (Å²) >= 11 is 0. The van der Waals surface area contributed by atoms with E-state index in [1.54, 1.807) is 7.11 Å². The summed E-state index contributed by atoms with van der Waals surface area (Å²) in [6.07, 6.45) is 0.566. The van der Waals surface area contributed by atoms with Crippen molar-refractivity contribution in [3.05, 3.63) is 0 Å². The summed E-state index contributed by atoms with van der Waals surface area (Å²) in [4.78, 5) is 2.10. The molecule has 0 aromatic heterocycles. The molecular formula is C8H19N3O2. The Morgan fingerprint density at radius 2 is 2.31 bits per heavy atom. The van der Waals surface area contributed by atoms with E-state index < -0.39 is 0 Å². The zero-order chi connectivity index (χ0) is 10.3. The van der Waals surface area contributed by atoms with E-state index in [2.05, 4.69) is 10.1 Å². The summed E-state index contributed by atoms with van der Waals surface area (Å²) in [5.41, 5.74) is 5.38. The van der Waals surface area contributed by atoms with Crippen molar-refractivity contribution in [2.75, 3.05) is 27.3 Å². The first kappa shape index (κ1) is 12.2. The lowest BCUT2D eigenvalue weighted by molar-refractivity contribution is 0.144. The van der Waals surface area contributed by atoms with E-state index in [1.807, 2.05) is 14.0 Å². The SMILES string of the molecule is COCCN(C)C(C)CC(N)=NO. The van der Waals surface area contributed by atoms with Crippen molar-refractivity contribution in [1.82, 2.24) is 4.90 Å². The van der Waals surface area contributed by atoms with Crippen molar-refractivity contribution in [3.8, 4) is 0 Å². The van der Waals surface area contributed by atoms with Gasteiger partial charge in [-0.3, -0.25) is 0 Å². The highest BCUT2D eigenvalue weighted by Gasteiger charge is 2.10. The van der Waals surface area contributed by atoms with Crippen molar-refractivity contribution in [1.29, 1.82) is 0 Å². The molecule has 5 heteroatoms. The van der Waals surface area contributed by atoms with Crippen molar-refractivity contribution in [3.63, 3.8) is 0 Å². The van der Waals surface area contributed by atoms with Crippen LogP contribution < -0.4 is 5.73 Å². The number of hydrogen-bond donors (Lipinski definition) is 2. The number of methoxy groups -OCH3 is 1. The van der Waals surface area contributed by atoms with Gasteiger partial charge < -0.3 is 20.6 Å². The molecular weight excluding hydrogens is 170 g/mol. The Morgan fingerprint density at radius 3 is 2.77 bits per heavy atom. The molecule has 13 heavy (non-hydrogen) atoms. The third kappa shape index (κ3) is 5.43. The average Bonchev–Trinajstić information content (AvgIpc) is 2.13. The smallest absolute Gasteiger partial charge is 0.140 e. The van der Waals surface area contributed by atoms with Crippen LogP contribution in [0.2, 0.25) is 0 Å². The van der Waals surface area contributed by atoms with Crippen LogP contribution in [0.25, 0.3) is 0 Å². The lowest BCUT2D eigenvalue weighted by Gasteiger charge is -2.23. The van der Waals surface area contributed by atoms with Gasteiger partial charge in [0.1, 0.15) is 5.84 Å². The fourth-order valence-electron chi connectivity index (χ4n) is 0.955. The topological polar surface area (TPSA) is 71.1 Å². The highest BCUT2D eigenvalue weighted by atomic mass is 16.5. The molecule has 0 aliphatic carbocycles. The third-order valence-corrected chi connectivity index (χ3v) is 2.03. The lowest BCUT2D eigenvalue weighted by Crippen LogP contribution is -2.35. The minimum absolute atomic E-state index is 0.256. The van der Waals surface area contributed by atoms with Crippen molar-refractivity contribution >= 4 is 5.84 Å². The van der Waals surface area contributed by atoms with Crippen molar-refractivity contribution < 1.29 is 9.94 Å². The van der Waals surface area contributed by atoms with Crippen LogP contribution in [-0.2, 0) is 4.74 Å². The van der Waals surface area contributed by atoms with E-state index in [9.17, 15) is 0 Å². The van der Waals surface area contributed by atoms with Gasteiger partial charge in [0.2, 0.25) is 0 Å². The number of amidine groups is 1. The Bertz CT molecular complexity index is 161. The number of rotatable bonds is 6. The van der Waals surface area contributed by atoms with Crippen LogP contribution in [-0.4, -0.2) is 49.3 Å². The van der Waals surface area contributed by atoms with E-state index in [4.69, 9.17) is 15.7 Å². The number of likely N-dealkylation sites (N-methyl/N-ethyl adjacent to an activating group) is 1. The Morgan fingerprint density at radius 1 is 1.69 bits per heavy atom. The van der Waals surface area contributed by atoms with Crippen LogP contribution in [0.5, 0.6) is 0 Å². The molecule has 0 fully saturated rings. The van der Waals surface area contributed by atoms with Crippen LogP contribution in [0, 0.1) is 0 Å². The van der Waals surface area contributed by atoms with E-state index in [0.29, 0.717) is 13.0 Å². The van der Waals surface area contributed by atoms with Gasteiger partial charge in [-0.15, -0.1) is 0 Å². The van der Waals surface area contributed by atoms with E-state index >= 15 is 0 Å². The largest absolute Gasteiger partial charge is 0.409 e. The Labute approximate surface area is 79.2 Å². The zero-order valence-corrected chi connectivity index (χ0v) is 8.53. The fraction of sp³-hybridized carbons (Fsp3) is 0.875. The Balaban J connectivity index is 3.74. The van der Waals surface area contributed by atoms with Crippen molar-refractivity contribution in [2.45, 2.75) is 19.4 Å². The summed E-state index contributed by atoms with van der Waals surface area (Å²) in [5.74, 6) is 0.261.